The number of imidazole rings is 1. The molecule has 0 bridgehead atoms. The van der Waals surface area contributed by atoms with Gasteiger partial charge in [0.15, 0.2) is 0 Å². The van der Waals surface area contributed by atoms with Crippen molar-refractivity contribution < 1.29 is 4.79 Å². The number of halogens is 1. The number of anilines is 1. The number of hydrogen-bond acceptors (Lipinski definition) is 3. The van der Waals surface area contributed by atoms with Gasteiger partial charge in [-0.15, -0.1) is 0 Å². The average Bonchev–Trinajstić information content (AvgIpc) is 3.18. The lowest BCUT2D eigenvalue weighted by Crippen LogP contribution is -2.15. The summed E-state index contributed by atoms with van der Waals surface area (Å²) >= 11 is 5.90. The molecule has 7 heteroatoms. The zero-order valence-corrected chi connectivity index (χ0v) is 14.1. The first-order valence-electron chi connectivity index (χ1n) is 7.67. The van der Waals surface area contributed by atoms with Crippen molar-refractivity contribution in [2.45, 2.75) is 19.4 Å². The monoisotopic (exact) mass is 343 g/mol. The Balaban J connectivity index is 1.50. The zero-order valence-electron chi connectivity index (χ0n) is 13.3. The third kappa shape index (κ3) is 4.02. The van der Waals surface area contributed by atoms with Crippen molar-refractivity contribution in [2.75, 3.05) is 5.32 Å². The highest BCUT2D eigenvalue weighted by Crippen LogP contribution is 2.20. The third-order valence-electron chi connectivity index (χ3n) is 3.67. The summed E-state index contributed by atoms with van der Waals surface area (Å²) in [5.74, 6) is 0.512. The van der Waals surface area contributed by atoms with Crippen LogP contribution < -0.4 is 5.32 Å². The number of amides is 1. The van der Waals surface area contributed by atoms with E-state index < -0.39 is 0 Å². The standard InChI is InChI=1S/C17H18ClN5O/c1-22-10-8-19-17(22)21-16(24)3-2-9-23-12-14(11-20-23)13-4-6-15(18)7-5-13/h4-8,10-12H,2-3,9H2,1H3,(H,19,21,24). The summed E-state index contributed by atoms with van der Waals surface area (Å²) in [6, 6.07) is 7.64. The second kappa shape index (κ2) is 7.31. The maximum Gasteiger partial charge on any atom is 0.226 e. The van der Waals surface area contributed by atoms with Crippen LogP contribution in [-0.2, 0) is 18.4 Å². The van der Waals surface area contributed by atoms with Crippen molar-refractivity contribution in [3.8, 4) is 11.1 Å². The first-order valence-corrected chi connectivity index (χ1v) is 8.05. The van der Waals surface area contributed by atoms with E-state index in [0.29, 0.717) is 30.4 Å². The van der Waals surface area contributed by atoms with Crippen LogP contribution in [0.1, 0.15) is 12.8 Å². The number of carbonyl (C=O) groups is 1. The Morgan fingerprint density at radius 3 is 2.75 bits per heavy atom. The zero-order chi connectivity index (χ0) is 16.9. The summed E-state index contributed by atoms with van der Waals surface area (Å²) in [6.45, 7) is 0.682. The molecule has 0 saturated heterocycles. The van der Waals surface area contributed by atoms with E-state index in [2.05, 4.69) is 15.4 Å². The minimum atomic E-state index is -0.0469. The Morgan fingerprint density at radius 2 is 2.04 bits per heavy atom. The summed E-state index contributed by atoms with van der Waals surface area (Å²) in [7, 11) is 1.84. The molecule has 0 atom stereocenters. The van der Waals surface area contributed by atoms with Crippen LogP contribution in [0.4, 0.5) is 5.95 Å². The molecule has 1 aromatic carbocycles. The summed E-state index contributed by atoms with van der Waals surface area (Å²) in [4.78, 5) is 16.0. The molecule has 0 radical (unpaired) electrons. The molecule has 3 aromatic rings. The van der Waals surface area contributed by atoms with Crippen LogP contribution in [0.25, 0.3) is 11.1 Å². The highest BCUT2D eigenvalue weighted by atomic mass is 35.5. The molecular formula is C17H18ClN5O. The molecule has 2 aromatic heterocycles. The summed E-state index contributed by atoms with van der Waals surface area (Å²) < 4.78 is 3.61. The topological polar surface area (TPSA) is 64.7 Å². The molecule has 0 saturated carbocycles. The molecule has 0 aliphatic carbocycles. The van der Waals surface area contributed by atoms with Crippen LogP contribution in [0.15, 0.2) is 49.1 Å². The second-order valence-electron chi connectivity index (χ2n) is 5.51. The van der Waals surface area contributed by atoms with Crippen molar-refractivity contribution in [1.29, 1.82) is 0 Å². The van der Waals surface area contributed by atoms with Gasteiger partial charge in [-0.3, -0.25) is 14.8 Å². The maximum atomic E-state index is 11.9. The van der Waals surface area contributed by atoms with E-state index in [1.54, 1.807) is 17.0 Å². The highest BCUT2D eigenvalue weighted by Gasteiger charge is 2.07. The molecule has 0 aliphatic rings. The van der Waals surface area contributed by atoms with E-state index in [4.69, 9.17) is 11.6 Å². The number of nitrogens with one attached hydrogen (secondary N) is 1. The number of hydrogen-bond donors (Lipinski definition) is 1. The average molecular weight is 344 g/mol. The Bertz CT molecular complexity index is 822. The van der Waals surface area contributed by atoms with E-state index in [1.165, 1.54) is 0 Å². The Morgan fingerprint density at radius 1 is 1.25 bits per heavy atom. The number of nitrogens with zero attached hydrogens (tertiary/aromatic N) is 4. The predicted octanol–water partition coefficient (Wildman–Crippen LogP) is 3.36. The molecule has 0 unspecified atom stereocenters. The minimum absolute atomic E-state index is 0.0469. The molecule has 1 N–H and O–H groups in total. The van der Waals surface area contributed by atoms with Gasteiger partial charge < -0.3 is 4.57 Å². The Hall–Kier alpha value is -2.60. The van der Waals surface area contributed by atoms with Gasteiger partial charge in [-0.25, -0.2) is 4.98 Å². The summed E-state index contributed by atoms with van der Waals surface area (Å²) in [5.41, 5.74) is 2.10. The van der Waals surface area contributed by atoms with Crippen molar-refractivity contribution in [3.63, 3.8) is 0 Å². The van der Waals surface area contributed by atoms with Gasteiger partial charge in [-0.2, -0.15) is 5.10 Å². The maximum absolute atomic E-state index is 11.9. The minimum Gasteiger partial charge on any atom is -0.320 e. The van der Waals surface area contributed by atoms with Crippen molar-refractivity contribution in [3.05, 3.63) is 54.1 Å². The molecule has 3 rings (SSSR count). The summed E-state index contributed by atoms with van der Waals surface area (Å²) in [5, 5.41) is 7.83. The first kappa shape index (κ1) is 16.3. The number of aryl methyl sites for hydroxylation is 2. The molecular weight excluding hydrogens is 326 g/mol. The smallest absolute Gasteiger partial charge is 0.226 e. The normalized spacial score (nSPS) is 10.8. The molecule has 6 nitrogen and oxygen atoms in total. The Labute approximate surface area is 145 Å². The lowest BCUT2D eigenvalue weighted by atomic mass is 10.1. The molecule has 2 heterocycles. The lowest BCUT2D eigenvalue weighted by molar-refractivity contribution is -0.116. The van der Waals surface area contributed by atoms with Gasteiger partial charge in [-0.1, -0.05) is 23.7 Å². The SMILES string of the molecule is Cn1ccnc1NC(=O)CCCn1cc(-c2ccc(Cl)cc2)cn1. The van der Waals surface area contributed by atoms with Crippen molar-refractivity contribution in [1.82, 2.24) is 19.3 Å². The Kier molecular flexibility index (Phi) is 4.96. The fourth-order valence-corrected chi connectivity index (χ4v) is 2.48. The van der Waals surface area contributed by atoms with Gasteiger partial charge in [0.1, 0.15) is 0 Å². The van der Waals surface area contributed by atoms with E-state index >= 15 is 0 Å². The molecule has 124 valence electrons. The fourth-order valence-electron chi connectivity index (χ4n) is 2.35. The van der Waals surface area contributed by atoms with Crippen LogP contribution in [0.5, 0.6) is 0 Å². The molecule has 1 amide bonds. The van der Waals surface area contributed by atoms with Crippen LogP contribution in [0, 0.1) is 0 Å². The number of carbonyl (C=O) groups excluding carboxylic acids is 1. The predicted molar refractivity (Wildman–Crippen MR) is 93.7 cm³/mol. The number of aromatic nitrogens is 4. The molecule has 0 spiro atoms. The van der Waals surface area contributed by atoms with Crippen molar-refractivity contribution in [2.24, 2.45) is 7.05 Å². The van der Waals surface area contributed by atoms with E-state index in [1.807, 2.05) is 48.4 Å². The van der Waals surface area contributed by atoms with Crippen LogP contribution >= 0.6 is 11.6 Å². The molecule has 0 fully saturated rings. The molecule has 0 aliphatic heterocycles. The van der Waals surface area contributed by atoms with Gasteiger partial charge in [0.25, 0.3) is 0 Å². The van der Waals surface area contributed by atoms with Gasteiger partial charge in [0, 0.05) is 49.2 Å². The second-order valence-corrected chi connectivity index (χ2v) is 5.95. The molecule has 24 heavy (non-hydrogen) atoms. The number of benzene rings is 1. The lowest BCUT2D eigenvalue weighted by Gasteiger charge is -2.05. The van der Waals surface area contributed by atoms with Crippen LogP contribution in [0.3, 0.4) is 0 Å². The largest absolute Gasteiger partial charge is 0.320 e. The summed E-state index contributed by atoms with van der Waals surface area (Å²) in [6.07, 6.45) is 8.35. The first-order chi connectivity index (χ1) is 11.6. The van der Waals surface area contributed by atoms with E-state index in [0.717, 1.165) is 11.1 Å². The van der Waals surface area contributed by atoms with Gasteiger partial charge in [0.05, 0.1) is 6.20 Å². The van der Waals surface area contributed by atoms with Crippen molar-refractivity contribution >= 4 is 23.5 Å². The van der Waals surface area contributed by atoms with Crippen LogP contribution in [-0.4, -0.2) is 25.2 Å². The third-order valence-corrected chi connectivity index (χ3v) is 3.93. The van der Waals surface area contributed by atoms with Crippen LogP contribution in [0.2, 0.25) is 5.02 Å². The van der Waals surface area contributed by atoms with Gasteiger partial charge in [-0.05, 0) is 24.1 Å². The highest BCUT2D eigenvalue weighted by molar-refractivity contribution is 6.30. The number of rotatable bonds is 6. The van der Waals surface area contributed by atoms with E-state index in [-0.39, 0.29) is 5.91 Å². The fraction of sp³-hybridized carbons (Fsp3) is 0.235. The quantitative estimate of drug-likeness (QED) is 0.746. The van der Waals surface area contributed by atoms with Gasteiger partial charge in [0.2, 0.25) is 11.9 Å². The van der Waals surface area contributed by atoms with Gasteiger partial charge >= 0.3 is 0 Å². The van der Waals surface area contributed by atoms with E-state index in [9.17, 15) is 4.79 Å².